The second-order valence-electron chi connectivity index (χ2n) is 6.22. The molecule has 2 fully saturated rings. The first-order chi connectivity index (χ1) is 11.7. The number of nitrogens with zero attached hydrogens (tertiary/aromatic N) is 3. The second-order valence-corrected chi connectivity index (χ2v) is 6.22. The van der Waals surface area contributed by atoms with Gasteiger partial charge in [-0.2, -0.15) is 0 Å². The lowest BCUT2D eigenvalue weighted by Crippen LogP contribution is -2.47. The Morgan fingerprint density at radius 2 is 1.96 bits per heavy atom. The van der Waals surface area contributed by atoms with Crippen LogP contribution in [-0.4, -0.2) is 80.1 Å². The molecular formula is C16H31IN6O2. The predicted molar refractivity (Wildman–Crippen MR) is 109 cm³/mol. The summed E-state index contributed by atoms with van der Waals surface area (Å²) in [4.78, 5) is 30.9. The molecule has 144 valence electrons. The number of halogens is 1. The standard InChI is InChI=1S/C16H30N6O2.HI/c1-3-13-6-4-5-9-21(13)10-7-18-15(17-2)19-8-11-22-14(23)12-20-16(22)24;/h13H,3-12H2,1-2H3,(H,20,24)(H2,17,18,19);1H. The molecule has 2 rings (SSSR count). The monoisotopic (exact) mass is 466 g/mol. The Bertz CT molecular complexity index is 458. The summed E-state index contributed by atoms with van der Waals surface area (Å²) in [6.45, 7) is 6.20. The molecule has 0 aliphatic carbocycles. The van der Waals surface area contributed by atoms with Crippen LogP contribution in [0.15, 0.2) is 4.99 Å². The quantitative estimate of drug-likeness (QED) is 0.221. The normalized spacial score (nSPS) is 21.8. The molecule has 3 amide bonds. The Labute approximate surface area is 167 Å². The molecule has 0 aromatic heterocycles. The van der Waals surface area contributed by atoms with Gasteiger partial charge < -0.3 is 16.0 Å². The number of guanidine groups is 1. The summed E-state index contributed by atoms with van der Waals surface area (Å²) in [6, 6.07) is 0.385. The van der Waals surface area contributed by atoms with Crippen LogP contribution in [0.25, 0.3) is 0 Å². The number of urea groups is 1. The van der Waals surface area contributed by atoms with Crippen LogP contribution in [0.2, 0.25) is 0 Å². The van der Waals surface area contributed by atoms with E-state index >= 15 is 0 Å². The fourth-order valence-corrected chi connectivity index (χ4v) is 3.32. The van der Waals surface area contributed by atoms with E-state index in [0.29, 0.717) is 25.1 Å². The lowest BCUT2D eigenvalue weighted by molar-refractivity contribution is -0.124. The Morgan fingerprint density at radius 1 is 1.24 bits per heavy atom. The molecular weight excluding hydrogens is 435 g/mol. The predicted octanol–water partition coefficient (Wildman–Crippen LogP) is 0.586. The Hall–Kier alpha value is -1.10. The van der Waals surface area contributed by atoms with Crippen LogP contribution < -0.4 is 16.0 Å². The molecule has 0 aromatic carbocycles. The molecule has 2 heterocycles. The van der Waals surface area contributed by atoms with Crippen LogP contribution in [0.1, 0.15) is 32.6 Å². The summed E-state index contributed by atoms with van der Waals surface area (Å²) < 4.78 is 0. The van der Waals surface area contributed by atoms with Gasteiger partial charge in [0.2, 0.25) is 5.91 Å². The molecule has 1 unspecified atom stereocenters. The van der Waals surface area contributed by atoms with Crippen molar-refractivity contribution in [3.8, 4) is 0 Å². The first kappa shape index (κ1) is 21.9. The van der Waals surface area contributed by atoms with Crippen molar-refractivity contribution in [2.75, 3.05) is 46.3 Å². The molecule has 8 nitrogen and oxygen atoms in total. The third kappa shape index (κ3) is 6.61. The highest BCUT2D eigenvalue weighted by molar-refractivity contribution is 14.0. The minimum atomic E-state index is -0.319. The molecule has 3 N–H and O–H groups in total. The van der Waals surface area contributed by atoms with Crippen LogP contribution in [-0.2, 0) is 4.79 Å². The van der Waals surface area contributed by atoms with Crippen LogP contribution in [0.4, 0.5) is 4.79 Å². The largest absolute Gasteiger partial charge is 0.355 e. The third-order valence-corrected chi connectivity index (χ3v) is 4.70. The number of carbonyl (C=O) groups excluding carboxylic acids is 2. The zero-order chi connectivity index (χ0) is 17.4. The highest BCUT2D eigenvalue weighted by Gasteiger charge is 2.27. The van der Waals surface area contributed by atoms with Crippen molar-refractivity contribution < 1.29 is 9.59 Å². The zero-order valence-electron chi connectivity index (χ0n) is 15.2. The number of imide groups is 1. The SMILES string of the molecule is CCC1CCCCN1CCNC(=NC)NCCN1C(=O)CNC1=O.I. The number of likely N-dealkylation sites (tertiary alicyclic amines) is 1. The fraction of sp³-hybridized carbons (Fsp3) is 0.812. The minimum absolute atomic E-state index is 0. The summed E-state index contributed by atoms with van der Waals surface area (Å²) in [5.41, 5.74) is 0. The average Bonchev–Trinajstić information content (AvgIpc) is 2.92. The van der Waals surface area contributed by atoms with E-state index in [2.05, 4.69) is 32.8 Å². The van der Waals surface area contributed by atoms with E-state index in [-0.39, 0.29) is 42.5 Å². The number of aliphatic imine (C=N–C) groups is 1. The van der Waals surface area contributed by atoms with Gasteiger partial charge in [-0.25, -0.2) is 4.79 Å². The molecule has 0 spiro atoms. The summed E-state index contributed by atoms with van der Waals surface area (Å²) in [5, 5.41) is 8.96. The van der Waals surface area contributed by atoms with Crippen molar-refractivity contribution in [3.05, 3.63) is 0 Å². The number of hydrogen-bond donors (Lipinski definition) is 3. The second kappa shape index (κ2) is 11.5. The number of piperidine rings is 1. The highest BCUT2D eigenvalue weighted by Crippen LogP contribution is 2.18. The van der Waals surface area contributed by atoms with Gasteiger partial charge in [-0.1, -0.05) is 13.3 Å². The first-order valence-electron chi connectivity index (χ1n) is 8.92. The number of rotatable bonds is 7. The topological polar surface area (TPSA) is 89.1 Å². The van der Waals surface area contributed by atoms with E-state index in [1.165, 1.54) is 37.1 Å². The van der Waals surface area contributed by atoms with Crippen molar-refractivity contribution in [2.24, 2.45) is 4.99 Å². The third-order valence-electron chi connectivity index (χ3n) is 4.70. The molecule has 1 atom stereocenters. The van der Waals surface area contributed by atoms with Crippen molar-refractivity contribution >= 4 is 41.9 Å². The van der Waals surface area contributed by atoms with Crippen LogP contribution in [0, 0.1) is 0 Å². The minimum Gasteiger partial charge on any atom is -0.355 e. The van der Waals surface area contributed by atoms with Crippen molar-refractivity contribution in [1.29, 1.82) is 0 Å². The first-order valence-corrected chi connectivity index (χ1v) is 8.92. The zero-order valence-corrected chi connectivity index (χ0v) is 17.5. The van der Waals surface area contributed by atoms with Crippen molar-refractivity contribution in [3.63, 3.8) is 0 Å². The van der Waals surface area contributed by atoms with Gasteiger partial charge in [0.1, 0.15) is 0 Å². The summed E-state index contributed by atoms with van der Waals surface area (Å²) >= 11 is 0. The van der Waals surface area contributed by atoms with Gasteiger partial charge in [-0.15, -0.1) is 24.0 Å². The van der Waals surface area contributed by atoms with Crippen molar-refractivity contribution in [1.82, 2.24) is 25.8 Å². The van der Waals surface area contributed by atoms with Gasteiger partial charge >= 0.3 is 6.03 Å². The van der Waals surface area contributed by atoms with Crippen LogP contribution >= 0.6 is 24.0 Å². The lowest BCUT2D eigenvalue weighted by Gasteiger charge is -2.35. The molecule has 0 bridgehead atoms. The molecule has 2 aliphatic heterocycles. The maximum atomic E-state index is 11.5. The highest BCUT2D eigenvalue weighted by atomic mass is 127. The van der Waals surface area contributed by atoms with Gasteiger partial charge in [0.05, 0.1) is 6.54 Å². The fourth-order valence-electron chi connectivity index (χ4n) is 3.32. The summed E-state index contributed by atoms with van der Waals surface area (Å²) in [7, 11) is 1.72. The van der Waals surface area contributed by atoms with Gasteiger partial charge in [0.25, 0.3) is 0 Å². The van der Waals surface area contributed by atoms with E-state index in [0.717, 1.165) is 13.1 Å². The van der Waals surface area contributed by atoms with Crippen LogP contribution in [0.5, 0.6) is 0 Å². The van der Waals surface area contributed by atoms with E-state index < -0.39 is 0 Å². The van der Waals surface area contributed by atoms with Gasteiger partial charge in [0.15, 0.2) is 5.96 Å². The van der Waals surface area contributed by atoms with E-state index in [1.54, 1.807) is 7.05 Å². The van der Waals surface area contributed by atoms with Gasteiger partial charge in [-0.05, 0) is 25.8 Å². The Morgan fingerprint density at radius 3 is 2.56 bits per heavy atom. The van der Waals surface area contributed by atoms with E-state index in [9.17, 15) is 9.59 Å². The average molecular weight is 466 g/mol. The van der Waals surface area contributed by atoms with E-state index in [1.807, 2.05) is 0 Å². The Kier molecular flexibility index (Phi) is 10.1. The number of amides is 3. The van der Waals surface area contributed by atoms with Crippen LogP contribution in [0.3, 0.4) is 0 Å². The Balaban J connectivity index is 0.00000312. The number of nitrogens with one attached hydrogen (secondary N) is 3. The van der Waals surface area contributed by atoms with Crippen molar-refractivity contribution in [2.45, 2.75) is 38.6 Å². The molecule has 9 heteroatoms. The summed E-state index contributed by atoms with van der Waals surface area (Å²) in [5.74, 6) is 0.521. The summed E-state index contributed by atoms with van der Waals surface area (Å²) in [6.07, 6.45) is 5.14. The molecule has 0 saturated carbocycles. The number of hydrogen-bond acceptors (Lipinski definition) is 4. The molecule has 2 aliphatic rings. The van der Waals surface area contributed by atoms with E-state index in [4.69, 9.17) is 0 Å². The molecule has 0 radical (unpaired) electrons. The smallest absolute Gasteiger partial charge is 0.324 e. The maximum absolute atomic E-state index is 11.5. The van der Waals surface area contributed by atoms with Gasteiger partial charge in [-0.3, -0.25) is 19.6 Å². The van der Waals surface area contributed by atoms with Gasteiger partial charge in [0, 0.05) is 39.3 Å². The molecule has 25 heavy (non-hydrogen) atoms. The molecule has 0 aromatic rings. The molecule has 2 saturated heterocycles. The number of carbonyl (C=O) groups is 2. The lowest BCUT2D eigenvalue weighted by atomic mass is 10.0. The maximum Gasteiger partial charge on any atom is 0.324 e.